The molecule has 0 radical (unpaired) electrons. The number of benzene rings is 1. The summed E-state index contributed by atoms with van der Waals surface area (Å²) in [6.45, 7) is 2.64. The third-order valence-electron chi connectivity index (χ3n) is 2.00. The first-order valence-electron chi connectivity index (χ1n) is 4.89. The molecule has 2 N–H and O–H groups in total. The van der Waals surface area contributed by atoms with Gasteiger partial charge in [-0.15, -0.1) is 0 Å². The van der Waals surface area contributed by atoms with E-state index in [2.05, 4.69) is 6.92 Å². The molecule has 1 aromatic carbocycles. The summed E-state index contributed by atoms with van der Waals surface area (Å²) < 4.78 is 5.68. The highest BCUT2D eigenvalue weighted by Gasteiger charge is 2.08. The van der Waals surface area contributed by atoms with Gasteiger partial charge in [0.2, 0.25) is 0 Å². The lowest BCUT2D eigenvalue weighted by Gasteiger charge is -2.17. The first-order valence-corrected chi connectivity index (χ1v) is 5.27. The first-order chi connectivity index (χ1) is 6.77. The van der Waals surface area contributed by atoms with E-state index < -0.39 is 0 Å². The van der Waals surface area contributed by atoms with Crippen molar-refractivity contribution in [2.45, 2.75) is 25.9 Å². The van der Waals surface area contributed by atoms with Crippen LogP contribution in [-0.2, 0) is 0 Å². The predicted octanol–water partition coefficient (Wildman–Crippen LogP) is 2.85. The molecule has 14 heavy (non-hydrogen) atoms. The van der Waals surface area contributed by atoms with Crippen molar-refractivity contribution in [1.82, 2.24) is 0 Å². The molecule has 0 heterocycles. The minimum Gasteiger partial charge on any atom is -0.488 e. The van der Waals surface area contributed by atoms with Crippen LogP contribution in [0.3, 0.4) is 0 Å². The van der Waals surface area contributed by atoms with Gasteiger partial charge in [0.05, 0.1) is 5.02 Å². The average Bonchev–Trinajstić information content (AvgIpc) is 2.20. The minimum absolute atomic E-state index is 0.0694. The van der Waals surface area contributed by atoms with Gasteiger partial charge in [-0.05, 0) is 18.6 Å². The fraction of sp³-hybridized carbons (Fsp3) is 0.455. The van der Waals surface area contributed by atoms with Crippen LogP contribution in [0.4, 0.5) is 0 Å². The summed E-state index contributed by atoms with van der Waals surface area (Å²) in [6, 6.07) is 7.46. The number of hydrogen-bond donors (Lipinski definition) is 1. The lowest BCUT2D eigenvalue weighted by atomic mass is 10.2. The molecule has 1 aromatic rings. The zero-order valence-electron chi connectivity index (χ0n) is 8.37. The van der Waals surface area contributed by atoms with Gasteiger partial charge in [-0.3, -0.25) is 0 Å². The first kappa shape index (κ1) is 11.3. The Labute approximate surface area is 90.0 Å². The van der Waals surface area contributed by atoms with E-state index >= 15 is 0 Å². The highest BCUT2D eigenvalue weighted by atomic mass is 35.5. The average molecular weight is 214 g/mol. The van der Waals surface area contributed by atoms with Crippen LogP contribution in [0.2, 0.25) is 5.02 Å². The Balaban J connectivity index is 2.62. The SMILES string of the molecule is CCCC(CN)Oc1ccccc1Cl. The summed E-state index contributed by atoms with van der Waals surface area (Å²) in [6.07, 6.45) is 2.09. The van der Waals surface area contributed by atoms with Crippen molar-refractivity contribution < 1.29 is 4.74 Å². The van der Waals surface area contributed by atoms with Gasteiger partial charge in [0.15, 0.2) is 0 Å². The fourth-order valence-electron chi connectivity index (χ4n) is 1.27. The van der Waals surface area contributed by atoms with Gasteiger partial charge in [-0.2, -0.15) is 0 Å². The Bertz CT molecular complexity index is 278. The highest BCUT2D eigenvalue weighted by molar-refractivity contribution is 6.32. The number of rotatable bonds is 5. The van der Waals surface area contributed by atoms with Gasteiger partial charge in [0.1, 0.15) is 11.9 Å². The van der Waals surface area contributed by atoms with Crippen molar-refractivity contribution in [2.24, 2.45) is 5.73 Å². The summed E-state index contributed by atoms with van der Waals surface area (Å²) in [7, 11) is 0. The second-order valence-corrected chi connectivity index (χ2v) is 3.60. The topological polar surface area (TPSA) is 35.2 Å². The van der Waals surface area contributed by atoms with Gasteiger partial charge >= 0.3 is 0 Å². The van der Waals surface area contributed by atoms with Crippen molar-refractivity contribution in [3.05, 3.63) is 29.3 Å². The third-order valence-corrected chi connectivity index (χ3v) is 2.32. The molecule has 0 spiro atoms. The van der Waals surface area contributed by atoms with Gasteiger partial charge in [-0.25, -0.2) is 0 Å². The van der Waals surface area contributed by atoms with Crippen LogP contribution < -0.4 is 10.5 Å². The smallest absolute Gasteiger partial charge is 0.138 e. The Kier molecular flexibility index (Phi) is 4.77. The quantitative estimate of drug-likeness (QED) is 0.817. The summed E-state index contributed by atoms with van der Waals surface area (Å²) >= 11 is 5.96. The zero-order valence-corrected chi connectivity index (χ0v) is 9.13. The molecule has 0 bridgehead atoms. The predicted molar refractivity (Wildman–Crippen MR) is 59.8 cm³/mol. The summed E-state index contributed by atoms with van der Waals surface area (Å²) in [5, 5.41) is 0.641. The van der Waals surface area contributed by atoms with E-state index in [-0.39, 0.29) is 6.10 Å². The molecule has 2 nitrogen and oxygen atoms in total. The largest absolute Gasteiger partial charge is 0.488 e. The number of nitrogens with two attached hydrogens (primary N) is 1. The number of para-hydroxylation sites is 1. The molecule has 1 unspecified atom stereocenters. The maximum absolute atomic E-state index is 5.96. The lowest BCUT2D eigenvalue weighted by Crippen LogP contribution is -2.26. The summed E-state index contributed by atoms with van der Waals surface area (Å²) in [5.74, 6) is 0.720. The number of hydrogen-bond acceptors (Lipinski definition) is 2. The summed E-state index contributed by atoms with van der Waals surface area (Å²) in [4.78, 5) is 0. The second kappa shape index (κ2) is 5.89. The van der Waals surface area contributed by atoms with Crippen LogP contribution in [0.25, 0.3) is 0 Å². The minimum atomic E-state index is 0.0694. The van der Waals surface area contributed by atoms with E-state index in [0.29, 0.717) is 11.6 Å². The molecule has 0 aromatic heterocycles. The van der Waals surface area contributed by atoms with E-state index in [4.69, 9.17) is 22.1 Å². The van der Waals surface area contributed by atoms with Gasteiger partial charge in [-0.1, -0.05) is 37.1 Å². The van der Waals surface area contributed by atoms with Crippen LogP contribution in [0.5, 0.6) is 5.75 Å². The normalized spacial score (nSPS) is 12.5. The van der Waals surface area contributed by atoms with Crippen LogP contribution in [-0.4, -0.2) is 12.6 Å². The van der Waals surface area contributed by atoms with E-state index in [1.807, 2.05) is 24.3 Å². The molecular weight excluding hydrogens is 198 g/mol. The molecule has 0 saturated carbocycles. The van der Waals surface area contributed by atoms with Crippen molar-refractivity contribution in [3.8, 4) is 5.75 Å². The number of halogens is 1. The van der Waals surface area contributed by atoms with Crippen molar-refractivity contribution in [1.29, 1.82) is 0 Å². The van der Waals surface area contributed by atoms with Crippen LogP contribution in [0.1, 0.15) is 19.8 Å². The van der Waals surface area contributed by atoms with E-state index in [0.717, 1.165) is 18.6 Å². The third kappa shape index (κ3) is 3.20. The Morgan fingerprint density at radius 3 is 2.71 bits per heavy atom. The molecule has 78 valence electrons. The molecule has 0 aliphatic rings. The Morgan fingerprint density at radius 2 is 2.14 bits per heavy atom. The fourth-order valence-corrected chi connectivity index (χ4v) is 1.45. The van der Waals surface area contributed by atoms with Crippen LogP contribution >= 0.6 is 11.6 Å². The summed E-state index contributed by atoms with van der Waals surface area (Å²) in [5.41, 5.74) is 5.59. The standard InChI is InChI=1S/C11H16ClNO/c1-2-5-9(8-13)14-11-7-4-3-6-10(11)12/h3-4,6-7,9H,2,5,8,13H2,1H3. The Hall–Kier alpha value is -0.730. The van der Waals surface area contributed by atoms with Gasteiger partial charge in [0, 0.05) is 6.54 Å². The van der Waals surface area contributed by atoms with Gasteiger partial charge < -0.3 is 10.5 Å². The second-order valence-electron chi connectivity index (χ2n) is 3.19. The highest BCUT2D eigenvalue weighted by Crippen LogP contribution is 2.24. The molecule has 0 saturated heterocycles. The van der Waals surface area contributed by atoms with Crippen molar-refractivity contribution in [3.63, 3.8) is 0 Å². The van der Waals surface area contributed by atoms with Crippen LogP contribution in [0.15, 0.2) is 24.3 Å². The molecule has 0 aliphatic carbocycles. The van der Waals surface area contributed by atoms with E-state index in [9.17, 15) is 0 Å². The molecular formula is C11H16ClNO. The molecule has 0 fully saturated rings. The molecule has 0 aliphatic heterocycles. The Morgan fingerprint density at radius 1 is 1.43 bits per heavy atom. The van der Waals surface area contributed by atoms with Crippen molar-refractivity contribution >= 4 is 11.6 Å². The van der Waals surface area contributed by atoms with Crippen LogP contribution in [0, 0.1) is 0 Å². The van der Waals surface area contributed by atoms with Gasteiger partial charge in [0.25, 0.3) is 0 Å². The molecule has 0 amide bonds. The van der Waals surface area contributed by atoms with E-state index in [1.54, 1.807) is 0 Å². The van der Waals surface area contributed by atoms with E-state index in [1.165, 1.54) is 0 Å². The van der Waals surface area contributed by atoms with Crippen molar-refractivity contribution in [2.75, 3.05) is 6.54 Å². The zero-order chi connectivity index (χ0) is 10.4. The number of ether oxygens (including phenoxy) is 1. The monoisotopic (exact) mass is 213 g/mol. The molecule has 1 atom stereocenters. The maximum Gasteiger partial charge on any atom is 0.138 e. The lowest BCUT2D eigenvalue weighted by molar-refractivity contribution is 0.198. The molecule has 1 rings (SSSR count). The molecule has 3 heteroatoms. The maximum atomic E-state index is 5.96.